The molecule has 1 aromatic carbocycles. The summed E-state index contributed by atoms with van der Waals surface area (Å²) in [5, 5.41) is 10.8. The molecule has 2 fully saturated rings. The Morgan fingerprint density at radius 3 is 2.59 bits per heavy atom. The summed E-state index contributed by atoms with van der Waals surface area (Å²) in [6.07, 6.45) is 8.67. The van der Waals surface area contributed by atoms with Gasteiger partial charge in [-0.1, -0.05) is 68.3 Å². The summed E-state index contributed by atoms with van der Waals surface area (Å²) in [7, 11) is 1.76. The van der Waals surface area contributed by atoms with Crippen molar-refractivity contribution < 1.29 is 19.5 Å². The number of para-hydroxylation sites is 1. The standard InChI is InChI=1S/C28H34ClN3O4S/c1-5-16(2)19(15-33)32-24-27(36)31(23-17(3)9-6-10-18(23)29)14-8-12-28(24)22(26(32)35)21-20(37-28)11-7-13-30(4)25(21)34/h6-12,16,19-22,24,33H,5,13-15H2,1-4H3/t16-,19-,20-,21+,22-,24?,28-/m0/s1. The Kier molecular flexibility index (Phi) is 6.96. The normalized spacial score (nSPS) is 32.7. The first-order chi connectivity index (χ1) is 17.7. The number of halogens is 1. The lowest BCUT2D eigenvalue weighted by atomic mass is 9.78. The molecule has 1 spiro atoms. The first-order valence-electron chi connectivity index (χ1n) is 12.9. The second-order valence-corrected chi connectivity index (χ2v) is 12.5. The molecule has 0 bridgehead atoms. The highest BCUT2D eigenvalue weighted by Gasteiger charge is 2.72. The van der Waals surface area contributed by atoms with Gasteiger partial charge in [-0.15, -0.1) is 11.8 Å². The van der Waals surface area contributed by atoms with Crippen LogP contribution < -0.4 is 4.90 Å². The van der Waals surface area contributed by atoms with Crippen molar-refractivity contribution in [3.05, 3.63) is 53.1 Å². The number of aliphatic hydroxyl groups excluding tert-OH is 1. The van der Waals surface area contributed by atoms with Gasteiger partial charge in [-0.05, 0) is 24.5 Å². The lowest BCUT2D eigenvalue weighted by Gasteiger charge is -2.40. The summed E-state index contributed by atoms with van der Waals surface area (Å²) >= 11 is 8.16. The molecule has 4 aliphatic rings. The summed E-state index contributed by atoms with van der Waals surface area (Å²) in [6, 6.07) is 4.12. The van der Waals surface area contributed by atoms with Crippen LogP contribution in [0.15, 0.2) is 42.5 Å². The van der Waals surface area contributed by atoms with Crippen LogP contribution in [0.2, 0.25) is 5.02 Å². The number of fused-ring (bicyclic) bond motifs is 2. The highest BCUT2D eigenvalue weighted by atomic mass is 35.5. The third-order valence-electron chi connectivity index (χ3n) is 8.60. The number of nitrogens with zero attached hydrogens (tertiary/aromatic N) is 3. The minimum Gasteiger partial charge on any atom is -0.394 e. The van der Waals surface area contributed by atoms with E-state index in [4.69, 9.17) is 11.6 Å². The monoisotopic (exact) mass is 543 g/mol. The second-order valence-electron chi connectivity index (χ2n) is 10.6. The maximum absolute atomic E-state index is 14.6. The molecule has 198 valence electrons. The van der Waals surface area contributed by atoms with Crippen molar-refractivity contribution in [3.8, 4) is 0 Å². The van der Waals surface area contributed by atoms with Crippen LogP contribution in [0, 0.1) is 24.7 Å². The van der Waals surface area contributed by atoms with Gasteiger partial charge in [0.15, 0.2) is 0 Å². The number of benzene rings is 1. The van der Waals surface area contributed by atoms with Crippen molar-refractivity contribution in [1.29, 1.82) is 0 Å². The Morgan fingerprint density at radius 1 is 1.16 bits per heavy atom. The SMILES string of the molecule is CC[C@H](C)[C@H](CO)N1C(=O)[C@@H]2[C@@H]3C(=O)N(C)CC=C[C@@H]3S[C@@]23C=CCN(c2c(C)cccc2Cl)C(=O)C13. The number of carbonyl (C=O) groups is 3. The number of anilines is 1. The molecule has 7 atom stereocenters. The average molecular weight is 544 g/mol. The first-order valence-corrected chi connectivity index (χ1v) is 14.2. The number of thioether (sulfide) groups is 1. The predicted molar refractivity (Wildman–Crippen MR) is 147 cm³/mol. The molecule has 3 amide bonds. The van der Waals surface area contributed by atoms with E-state index in [1.54, 1.807) is 39.6 Å². The van der Waals surface area contributed by atoms with E-state index in [1.807, 2.05) is 57.2 Å². The van der Waals surface area contributed by atoms with Gasteiger partial charge in [0.25, 0.3) is 5.91 Å². The minimum atomic E-state index is -0.924. The topological polar surface area (TPSA) is 81.2 Å². The third kappa shape index (κ3) is 3.86. The molecule has 0 radical (unpaired) electrons. The van der Waals surface area contributed by atoms with Crippen molar-refractivity contribution in [3.63, 3.8) is 0 Å². The zero-order valence-electron chi connectivity index (χ0n) is 21.6. The molecule has 0 aliphatic carbocycles. The summed E-state index contributed by atoms with van der Waals surface area (Å²) < 4.78 is -0.924. The van der Waals surface area contributed by atoms with Crippen LogP contribution in [-0.4, -0.2) is 81.5 Å². The smallest absolute Gasteiger partial charge is 0.251 e. The summed E-state index contributed by atoms with van der Waals surface area (Å²) in [6.45, 7) is 6.46. The van der Waals surface area contributed by atoms with Gasteiger partial charge in [0.2, 0.25) is 11.8 Å². The molecule has 0 aromatic heterocycles. The number of likely N-dealkylation sites (tertiary alicyclic amines) is 1. The zero-order chi connectivity index (χ0) is 26.6. The van der Waals surface area contributed by atoms with E-state index >= 15 is 0 Å². The largest absolute Gasteiger partial charge is 0.394 e. The third-order valence-corrected chi connectivity index (χ3v) is 10.7. The van der Waals surface area contributed by atoms with Gasteiger partial charge in [-0.3, -0.25) is 14.4 Å². The molecule has 9 heteroatoms. The van der Waals surface area contributed by atoms with Gasteiger partial charge >= 0.3 is 0 Å². The second kappa shape index (κ2) is 9.79. The zero-order valence-corrected chi connectivity index (χ0v) is 23.2. The summed E-state index contributed by atoms with van der Waals surface area (Å²) in [5.74, 6) is -1.84. The van der Waals surface area contributed by atoms with Crippen molar-refractivity contribution in [2.24, 2.45) is 17.8 Å². The highest BCUT2D eigenvalue weighted by Crippen LogP contribution is 2.61. The quantitative estimate of drug-likeness (QED) is 0.576. The Hall–Kier alpha value is -2.29. The number of likely N-dealkylation sites (N-methyl/N-ethyl adjacent to an activating group) is 1. The summed E-state index contributed by atoms with van der Waals surface area (Å²) in [5.41, 5.74) is 1.49. The summed E-state index contributed by atoms with van der Waals surface area (Å²) in [4.78, 5) is 47.5. The molecule has 37 heavy (non-hydrogen) atoms. The number of amides is 3. The van der Waals surface area contributed by atoms with Crippen LogP contribution >= 0.6 is 23.4 Å². The number of hydrogen-bond donors (Lipinski definition) is 1. The van der Waals surface area contributed by atoms with Gasteiger partial charge in [-0.2, -0.15) is 0 Å². The van der Waals surface area contributed by atoms with Gasteiger partial charge in [0, 0.05) is 25.4 Å². The fourth-order valence-corrected chi connectivity index (χ4v) is 8.86. The maximum Gasteiger partial charge on any atom is 0.251 e. The van der Waals surface area contributed by atoms with Crippen LogP contribution in [-0.2, 0) is 14.4 Å². The number of aryl methyl sites for hydroxylation is 1. The van der Waals surface area contributed by atoms with Gasteiger partial charge in [0.1, 0.15) is 6.04 Å². The molecule has 0 saturated carbocycles. The molecule has 5 rings (SSSR count). The molecule has 4 heterocycles. The van der Waals surface area contributed by atoms with E-state index in [9.17, 15) is 19.5 Å². The Bertz CT molecular complexity index is 1170. The van der Waals surface area contributed by atoms with E-state index < -0.39 is 28.7 Å². The van der Waals surface area contributed by atoms with E-state index in [0.29, 0.717) is 23.8 Å². The Morgan fingerprint density at radius 2 is 1.92 bits per heavy atom. The van der Waals surface area contributed by atoms with Gasteiger partial charge in [0.05, 0.1) is 39.9 Å². The molecule has 1 unspecified atom stereocenters. The number of rotatable bonds is 5. The van der Waals surface area contributed by atoms with Gasteiger partial charge < -0.3 is 19.8 Å². The van der Waals surface area contributed by atoms with Crippen LogP contribution in [0.1, 0.15) is 25.8 Å². The fourth-order valence-electron chi connectivity index (χ4n) is 6.54. The number of aliphatic hydroxyl groups is 1. The first kappa shape index (κ1) is 26.3. The van der Waals surface area contributed by atoms with E-state index in [2.05, 4.69) is 0 Å². The average Bonchev–Trinajstić information content (AvgIpc) is 3.20. The fraction of sp³-hybridized carbons (Fsp3) is 0.536. The van der Waals surface area contributed by atoms with E-state index in [-0.39, 0.29) is 35.5 Å². The number of carbonyl (C=O) groups excluding carboxylic acids is 3. The van der Waals surface area contributed by atoms with Gasteiger partial charge in [-0.25, -0.2) is 0 Å². The molecule has 7 nitrogen and oxygen atoms in total. The lowest BCUT2D eigenvalue weighted by Crippen LogP contribution is -2.58. The van der Waals surface area contributed by atoms with Crippen molar-refractivity contribution in [1.82, 2.24) is 9.80 Å². The lowest BCUT2D eigenvalue weighted by molar-refractivity contribution is -0.145. The van der Waals surface area contributed by atoms with E-state index in [0.717, 1.165) is 12.0 Å². The maximum atomic E-state index is 14.6. The van der Waals surface area contributed by atoms with Crippen LogP contribution in [0.25, 0.3) is 0 Å². The van der Waals surface area contributed by atoms with Crippen molar-refractivity contribution >= 4 is 46.8 Å². The van der Waals surface area contributed by atoms with E-state index in [1.165, 1.54) is 0 Å². The highest BCUT2D eigenvalue weighted by molar-refractivity contribution is 8.02. The van der Waals surface area contributed by atoms with Crippen molar-refractivity contribution in [2.75, 3.05) is 31.6 Å². The molecular formula is C28H34ClN3O4S. The van der Waals surface area contributed by atoms with Crippen molar-refractivity contribution in [2.45, 2.75) is 49.3 Å². The molecular weight excluding hydrogens is 510 g/mol. The number of hydrogen-bond acceptors (Lipinski definition) is 5. The Labute approximate surface area is 227 Å². The van der Waals surface area contributed by atoms with Crippen LogP contribution in [0.4, 0.5) is 5.69 Å². The molecule has 1 N–H and O–H groups in total. The molecule has 2 saturated heterocycles. The minimum absolute atomic E-state index is 0.0337. The molecule has 1 aromatic rings. The Balaban J connectivity index is 1.69. The van der Waals surface area contributed by atoms with Crippen LogP contribution in [0.3, 0.4) is 0 Å². The van der Waals surface area contributed by atoms with Crippen LogP contribution in [0.5, 0.6) is 0 Å². The predicted octanol–water partition coefficient (Wildman–Crippen LogP) is 3.28. The molecule has 4 aliphatic heterocycles.